The van der Waals surface area contributed by atoms with Gasteiger partial charge in [0.05, 0.1) is 6.10 Å². The number of aliphatic hydroxyl groups is 1. The molecule has 13 heavy (non-hydrogen) atoms. The monoisotopic (exact) mass is 176 g/mol. The maximum absolute atomic E-state index is 9.91. The zero-order valence-electron chi connectivity index (χ0n) is 7.98. The van der Waals surface area contributed by atoms with Gasteiger partial charge in [0, 0.05) is 5.92 Å². The van der Waals surface area contributed by atoms with Gasteiger partial charge in [0.2, 0.25) is 0 Å². The maximum Gasteiger partial charge on any atom is 0.0634 e. The zero-order chi connectivity index (χ0) is 9.26. The first-order valence-electron chi connectivity index (χ1n) is 5.02. The lowest BCUT2D eigenvalue weighted by molar-refractivity contribution is 0.126. The van der Waals surface area contributed by atoms with Crippen LogP contribution in [0.25, 0.3) is 0 Å². The van der Waals surface area contributed by atoms with E-state index in [2.05, 4.69) is 19.1 Å². The molecule has 2 unspecified atom stereocenters. The van der Waals surface area contributed by atoms with Crippen molar-refractivity contribution in [1.29, 1.82) is 0 Å². The summed E-state index contributed by atoms with van der Waals surface area (Å²) in [4.78, 5) is 0. The first-order valence-corrected chi connectivity index (χ1v) is 5.02. The van der Waals surface area contributed by atoms with Gasteiger partial charge in [0.15, 0.2) is 0 Å². The lowest BCUT2D eigenvalue weighted by Crippen LogP contribution is -2.17. The van der Waals surface area contributed by atoms with Crippen molar-refractivity contribution in [1.82, 2.24) is 0 Å². The van der Waals surface area contributed by atoms with Crippen LogP contribution in [0.3, 0.4) is 0 Å². The Bertz CT molecular complexity index is 264. The second-order valence-electron chi connectivity index (χ2n) is 4.03. The van der Waals surface area contributed by atoms with E-state index < -0.39 is 0 Å². The highest BCUT2D eigenvalue weighted by atomic mass is 16.3. The van der Waals surface area contributed by atoms with Gasteiger partial charge in [-0.1, -0.05) is 37.3 Å². The van der Waals surface area contributed by atoms with E-state index in [1.165, 1.54) is 18.4 Å². The minimum Gasteiger partial charge on any atom is -0.392 e. The smallest absolute Gasteiger partial charge is 0.0634 e. The van der Waals surface area contributed by atoms with Crippen LogP contribution < -0.4 is 0 Å². The molecule has 1 aliphatic carbocycles. The molecule has 2 rings (SSSR count). The average Bonchev–Trinajstić information content (AvgIpc) is 3.00. The standard InChI is InChI=1S/C12H16O/c1-9(12(13)11-7-8-11)10-5-3-2-4-6-10/h2-6,9,11-13H,7-8H2,1H3. The quantitative estimate of drug-likeness (QED) is 0.750. The third-order valence-electron chi connectivity index (χ3n) is 2.94. The Labute approximate surface area is 79.4 Å². The molecule has 1 aromatic rings. The van der Waals surface area contributed by atoms with Gasteiger partial charge in [0.1, 0.15) is 0 Å². The van der Waals surface area contributed by atoms with Crippen LogP contribution in [0.15, 0.2) is 30.3 Å². The van der Waals surface area contributed by atoms with Crippen molar-refractivity contribution in [3.8, 4) is 0 Å². The van der Waals surface area contributed by atoms with Crippen molar-refractivity contribution < 1.29 is 5.11 Å². The molecule has 0 saturated heterocycles. The van der Waals surface area contributed by atoms with Crippen molar-refractivity contribution in [2.45, 2.75) is 31.8 Å². The van der Waals surface area contributed by atoms with Crippen molar-refractivity contribution in [2.24, 2.45) is 5.92 Å². The first kappa shape index (κ1) is 8.76. The minimum absolute atomic E-state index is 0.137. The highest BCUT2D eigenvalue weighted by Crippen LogP contribution is 2.38. The number of hydrogen-bond donors (Lipinski definition) is 1. The van der Waals surface area contributed by atoms with Crippen LogP contribution in [-0.2, 0) is 0 Å². The molecule has 1 aromatic carbocycles. The summed E-state index contributed by atoms with van der Waals surface area (Å²) in [5.74, 6) is 0.851. The van der Waals surface area contributed by atoms with E-state index in [0.717, 1.165) is 0 Å². The minimum atomic E-state index is -0.137. The molecule has 0 aliphatic heterocycles. The number of aliphatic hydroxyl groups excluding tert-OH is 1. The average molecular weight is 176 g/mol. The van der Waals surface area contributed by atoms with Gasteiger partial charge in [-0.15, -0.1) is 0 Å². The van der Waals surface area contributed by atoms with E-state index in [1.54, 1.807) is 0 Å². The van der Waals surface area contributed by atoms with E-state index in [1.807, 2.05) is 18.2 Å². The molecule has 0 amide bonds. The molecule has 1 heteroatoms. The summed E-state index contributed by atoms with van der Waals surface area (Å²) in [6, 6.07) is 10.3. The molecule has 2 atom stereocenters. The molecule has 0 spiro atoms. The van der Waals surface area contributed by atoms with Crippen LogP contribution in [0.5, 0.6) is 0 Å². The Morgan fingerprint density at radius 2 is 1.85 bits per heavy atom. The van der Waals surface area contributed by atoms with Crippen LogP contribution in [0.4, 0.5) is 0 Å². The fraction of sp³-hybridized carbons (Fsp3) is 0.500. The Kier molecular flexibility index (Phi) is 2.36. The predicted molar refractivity (Wildman–Crippen MR) is 53.6 cm³/mol. The number of benzene rings is 1. The Morgan fingerprint density at radius 3 is 2.38 bits per heavy atom. The van der Waals surface area contributed by atoms with E-state index >= 15 is 0 Å². The number of hydrogen-bond acceptors (Lipinski definition) is 1. The normalized spacial score (nSPS) is 21.1. The van der Waals surface area contributed by atoms with Crippen molar-refractivity contribution in [2.75, 3.05) is 0 Å². The van der Waals surface area contributed by atoms with Crippen LogP contribution in [0.2, 0.25) is 0 Å². The molecule has 0 radical (unpaired) electrons. The Hall–Kier alpha value is -0.820. The molecule has 1 N–H and O–H groups in total. The highest BCUT2D eigenvalue weighted by Gasteiger charge is 2.33. The summed E-state index contributed by atoms with van der Waals surface area (Å²) >= 11 is 0. The second-order valence-corrected chi connectivity index (χ2v) is 4.03. The summed E-state index contributed by atoms with van der Waals surface area (Å²) < 4.78 is 0. The van der Waals surface area contributed by atoms with Gasteiger partial charge in [-0.3, -0.25) is 0 Å². The molecule has 1 fully saturated rings. The van der Waals surface area contributed by atoms with Gasteiger partial charge in [-0.2, -0.15) is 0 Å². The zero-order valence-corrected chi connectivity index (χ0v) is 7.98. The Morgan fingerprint density at radius 1 is 1.23 bits per heavy atom. The van der Waals surface area contributed by atoms with E-state index in [9.17, 15) is 5.11 Å². The van der Waals surface area contributed by atoms with Crippen molar-refractivity contribution in [3.05, 3.63) is 35.9 Å². The molecule has 0 heterocycles. The SMILES string of the molecule is CC(c1ccccc1)C(O)C1CC1. The van der Waals surface area contributed by atoms with Gasteiger partial charge in [-0.25, -0.2) is 0 Å². The fourth-order valence-electron chi connectivity index (χ4n) is 1.80. The maximum atomic E-state index is 9.91. The Balaban J connectivity index is 2.07. The van der Waals surface area contributed by atoms with Crippen LogP contribution in [0, 0.1) is 5.92 Å². The summed E-state index contributed by atoms with van der Waals surface area (Å²) in [5.41, 5.74) is 1.25. The third kappa shape index (κ3) is 1.92. The van der Waals surface area contributed by atoms with Crippen LogP contribution in [0.1, 0.15) is 31.2 Å². The molecule has 70 valence electrons. The van der Waals surface area contributed by atoms with Crippen LogP contribution >= 0.6 is 0 Å². The van der Waals surface area contributed by atoms with Crippen molar-refractivity contribution in [3.63, 3.8) is 0 Å². The third-order valence-corrected chi connectivity index (χ3v) is 2.94. The molecule has 1 saturated carbocycles. The molecule has 0 bridgehead atoms. The summed E-state index contributed by atoms with van der Waals surface area (Å²) in [6.45, 7) is 2.11. The summed E-state index contributed by atoms with van der Waals surface area (Å²) in [6.07, 6.45) is 2.28. The largest absolute Gasteiger partial charge is 0.392 e. The lowest BCUT2D eigenvalue weighted by Gasteiger charge is -2.18. The predicted octanol–water partition coefficient (Wildman–Crippen LogP) is 2.56. The molecule has 1 nitrogen and oxygen atoms in total. The lowest BCUT2D eigenvalue weighted by atomic mass is 9.93. The molecular formula is C12H16O. The van der Waals surface area contributed by atoms with E-state index in [-0.39, 0.29) is 12.0 Å². The first-order chi connectivity index (χ1) is 6.29. The van der Waals surface area contributed by atoms with E-state index in [4.69, 9.17) is 0 Å². The molecule has 1 aliphatic rings. The summed E-state index contributed by atoms with van der Waals surface area (Å²) in [5, 5.41) is 9.91. The van der Waals surface area contributed by atoms with Gasteiger partial charge < -0.3 is 5.11 Å². The topological polar surface area (TPSA) is 20.2 Å². The van der Waals surface area contributed by atoms with E-state index in [0.29, 0.717) is 5.92 Å². The number of rotatable bonds is 3. The van der Waals surface area contributed by atoms with Gasteiger partial charge in [-0.05, 0) is 24.3 Å². The van der Waals surface area contributed by atoms with Crippen molar-refractivity contribution >= 4 is 0 Å². The van der Waals surface area contributed by atoms with Gasteiger partial charge >= 0.3 is 0 Å². The molecule has 0 aromatic heterocycles. The fourth-order valence-corrected chi connectivity index (χ4v) is 1.80. The van der Waals surface area contributed by atoms with Gasteiger partial charge in [0.25, 0.3) is 0 Å². The highest BCUT2D eigenvalue weighted by molar-refractivity contribution is 5.20. The summed E-state index contributed by atoms with van der Waals surface area (Å²) in [7, 11) is 0. The molecular weight excluding hydrogens is 160 g/mol. The second kappa shape index (κ2) is 3.51. The van der Waals surface area contributed by atoms with Crippen LogP contribution in [-0.4, -0.2) is 11.2 Å².